The number of rotatable bonds is 7. The summed E-state index contributed by atoms with van der Waals surface area (Å²) in [5.41, 5.74) is 0. The minimum Gasteiger partial charge on any atom is -0.497 e. The third kappa shape index (κ3) is 4.53. The van der Waals surface area contributed by atoms with Crippen LogP contribution in [0.2, 0.25) is 0 Å². The molecule has 0 spiro atoms. The fraction of sp³-hybridized carbons (Fsp3) is 0.200. The molecule has 0 bridgehead atoms. The molecule has 0 unspecified atom stereocenters. The van der Waals surface area contributed by atoms with E-state index in [1.807, 2.05) is 0 Å². The zero-order chi connectivity index (χ0) is 17.8. The highest BCUT2D eigenvalue weighted by Gasteiger charge is 2.18. The highest BCUT2D eigenvalue weighted by atomic mass is 32.2. The fourth-order valence-corrected chi connectivity index (χ4v) is 4.23. The molecule has 9 heteroatoms. The third-order valence-corrected chi connectivity index (χ3v) is 6.41. The Kier molecular flexibility index (Phi) is 5.58. The van der Waals surface area contributed by atoms with E-state index in [-0.39, 0.29) is 16.3 Å². The van der Waals surface area contributed by atoms with E-state index in [1.54, 1.807) is 0 Å². The molecule has 0 aliphatic carbocycles. The molecule has 0 aliphatic heterocycles. The molecule has 0 amide bonds. The Morgan fingerprint density at radius 3 is 2.00 bits per heavy atom. The lowest BCUT2D eigenvalue weighted by Crippen LogP contribution is -2.29. The highest BCUT2D eigenvalue weighted by Crippen LogP contribution is 2.15. The summed E-state index contributed by atoms with van der Waals surface area (Å²) in [6.07, 6.45) is 0. The summed E-state index contributed by atoms with van der Waals surface area (Å²) >= 11 is 0. The Hall–Kier alpha value is -1.97. The van der Waals surface area contributed by atoms with Crippen LogP contribution in [-0.2, 0) is 19.9 Å². The summed E-state index contributed by atoms with van der Waals surface area (Å²) in [6.45, 7) is -0.298. The van der Waals surface area contributed by atoms with Crippen LogP contribution in [0.1, 0.15) is 0 Å². The number of benzene rings is 2. The summed E-state index contributed by atoms with van der Waals surface area (Å²) < 4.78 is 68.4. The summed E-state index contributed by atoms with van der Waals surface area (Å²) in [5.74, 6) is -0.476. The maximum absolute atomic E-state index is 12.8. The first-order valence-corrected chi connectivity index (χ1v) is 10.0. The van der Waals surface area contributed by atoms with E-state index in [0.717, 1.165) is 24.3 Å². The first-order valence-electron chi connectivity index (χ1n) is 6.87. The van der Waals surface area contributed by atoms with Crippen LogP contribution in [0, 0.1) is 5.82 Å². The standard InChI is InChI=1S/C15H16FNO5S2/c1-22-13-4-8-15(9-5-13)24(20,21)17-10-11-23(18,19)14-6-2-12(16)3-7-14/h2-9,17H,10-11H2,1H3. The maximum atomic E-state index is 12.8. The topological polar surface area (TPSA) is 89.5 Å². The van der Waals surface area contributed by atoms with Crippen LogP contribution < -0.4 is 9.46 Å². The molecule has 0 aliphatic rings. The van der Waals surface area contributed by atoms with Crippen molar-refractivity contribution < 1.29 is 26.0 Å². The van der Waals surface area contributed by atoms with Gasteiger partial charge >= 0.3 is 0 Å². The van der Waals surface area contributed by atoms with Crippen molar-refractivity contribution in [3.63, 3.8) is 0 Å². The van der Waals surface area contributed by atoms with E-state index in [2.05, 4.69) is 4.72 Å². The number of hydrogen-bond donors (Lipinski definition) is 1. The Morgan fingerprint density at radius 1 is 0.917 bits per heavy atom. The van der Waals surface area contributed by atoms with Crippen molar-refractivity contribution in [2.45, 2.75) is 9.79 Å². The molecule has 2 aromatic rings. The molecule has 0 aromatic heterocycles. The van der Waals surface area contributed by atoms with Gasteiger partial charge < -0.3 is 4.74 Å². The van der Waals surface area contributed by atoms with Crippen molar-refractivity contribution in [3.05, 3.63) is 54.3 Å². The normalized spacial score (nSPS) is 12.1. The van der Waals surface area contributed by atoms with E-state index < -0.39 is 31.4 Å². The first-order chi connectivity index (χ1) is 11.2. The molecule has 2 rings (SSSR count). The van der Waals surface area contributed by atoms with Crippen molar-refractivity contribution in [2.75, 3.05) is 19.4 Å². The number of halogens is 1. The van der Waals surface area contributed by atoms with E-state index >= 15 is 0 Å². The van der Waals surface area contributed by atoms with E-state index in [1.165, 1.54) is 31.4 Å². The van der Waals surface area contributed by atoms with Gasteiger partial charge in [-0.3, -0.25) is 0 Å². The van der Waals surface area contributed by atoms with Gasteiger partial charge in [0.25, 0.3) is 0 Å². The van der Waals surface area contributed by atoms with Crippen LogP contribution in [-0.4, -0.2) is 36.2 Å². The van der Waals surface area contributed by atoms with E-state index in [4.69, 9.17) is 4.74 Å². The minimum absolute atomic E-state index is 0.00230. The first kappa shape index (κ1) is 18.4. The van der Waals surface area contributed by atoms with Crippen molar-refractivity contribution in [3.8, 4) is 5.75 Å². The van der Waals surface area contributed by atoms with Gasteiger partial charge in [0.05, 0.1) is 22.7 Å². The zero-order valence-corrected chi connectivity index (χ0v) is 14.4. The Labute approximate surface area is 140 Å². The number of ether oxygens (including phenoxy) is 1. The Bertz CT molecular complexity index is 892. The lowest BCUT2D eigenvalue weighted by Gasteiger charge is -2.08. The Morgan fingerprint density at radius 2 is 1.46 bits per heavy atom. The van der Waals surface area contributed by atoms with Gasteiger partial charge in [-0.25, -0.2) is 25.9 Å². The van der Waals surface area contributed by atoms with Gasteiger partial charge in [-0.05, 0) is 48.5 Å². The van der Waals surface area contributed by atoms with Gasteiger partial charge in [0.2, 0.25) is 10.0 Å². The minimum atomic E-state index is -3.83. The predicted octanol–water partition coefficient (Wildman–Crippen LogP) is 1.59. The second kappa shape index (κ2) is 7.29. The monoisotopic (exact) mass is 373 g/mol. The highest BCUT2D eigenvalue weighted by molar-refractivity contribution is 7.91. The number of sulfone groups is 1. The molecule has 0 radical (unpaired) electrons. The van der Waals surface area contributed by atoms with Gasteiger partial charge in [0.15, 0.2) is 9.84 Å². The molecule has 6 nitrogen and oxygen atoms in total. The molecule has 0 saturated carbocycles. The third-order valence-electron chi connectivity index (χ3n) is 3.21. The second-order valence-corrected chi connectivity index (χ2v) is 8.72. The van der Waals surface area contributed by atoms with Gasteiger partial charge in [0.1, 0.15) is 11.6 Å². The van der Waals surface area contributed by atoms with Crippen LogP contribution in [0.25, 0.3) is 0 Å². The molecule has 130 valence electrons. The maximum Gasteiger partial charge on any atom is 0.240 e. The quantitative estimate of drug-likeness (QED) is 0.745. The second-order valence-electron chi connectivity index (χ2n) is 4.85. The zero-order valence-electron chi connectivity index (χ0n) is 12.8. The average molecular weight is 373 g/mol. The molecule has 0 saturated heterocycles. The molecule has 1 N–H and O–H groups in total. The lowest BCUT2D eigenvalue weighted by atomic mass is 10.3. The average Bonchev–Trinajstić information content (AvgIpc) is 2.55. The van der Waals surface area contributed by atoms with Crippen molar-refractivity contribution in [1.29, 1.82) is 0 Å². The van der Waals surface area contributed by atoms with Crippen LogP contribution in [0.3, 0.4) is 0 Å². The summed E-state index contributed by atoms with van der Waals surface area (Å²) in [5, 5.41) is 0. The van der Waals surface area contributed by atoms with Crippen molar-refractivity contribution in [2.24, 2.45) is 0 Å². The molecule has 0 heterocycles. The van der Waals surface area contributed by atoms with Gasteiger partial charge in [-0.15, -0.1) is 0 Å². The molecule has 2 aromatic carbocycles. The number of methoxy groups -OCH3 is 1. The lowest BCUT2D eigenvalue weighted by molar-refractivity contribution is 0.414. The van der Waals surface area contributed by atoms with Crippen LogP contribution in [0.5, 0.6) is 5.75 Å². The Balaban J connectivity index is 2.02. The molecular formula is C15H16FNO5S2. The number of nitrogens with one attached hydrogen (secondary N) is 1. The van der Waals surface area contributed by atoms with Gasteiger partial charge in [-0.2, -0.15) is 0 Å². The van der Waals surface area contributed by atoms with Crippen LogP contribution >= 0.6 is 0 Å². The molecule has 24 heavy (non-hydrogen) atoms. The van der Waals surface area contributed by atoms with Gasteiger partial charge in [0, 0.05) is 6.54 Å². The van der Waals surface area contributed by atoms with Crippen molar-refractivity contribution >= 4 is 19.9 Å². The van der Waals surface area contributed by atoms with E-state index in [0.29, 0.717) is 5.75 Å². The van der Waals surface area contributed by atoms with Crippen LogP contribution in [0.15, 0.2) is 58.3 Å². The number of hydrogen-bond acceptors (Lipinski definition) is 5. The summed E-state index contributed by atoms with van der Waals surface area (Å²) in [4.78, 5) is -0.0602. The van der Waals surface area contributed by atoms with Crippen LogP contribution in [0.4, 0.5) is 4.39 Å². The summed E-state index contributed by atoms with van der Waals surface area (Å²) in [6, 6.07) is 10.0. The number of sulfonamides is 1. The van der Waals surface area contributed by atoms with Gasteiger partial charge in [-0.1, -0.05) is 0 Å². The predicted molar refractivity (Wildman–Crippen MR) is 86.6 cm³/mol. The van der Waals surface area contributed by atoms with Crippen molar-refractivity contribution in [1.82, 2.24) is 4.72 Å². The summed E-state index contributed by atoms with van der Waals surface area (Å²) in [7, 11) is -6.07. The van der Waals surface area contributed by atoms with E-state index in [9.17, 15) is 21.2 Å². The smallest absolute Gasteiger partial charge is 0.240 e. The molecule has 0 fully saturated rings. The SMILES string of the molecule is COc1ccc(S(=O)(=O)NCCS(=O)(=O)c2ccc(F)cc2)cc1. The molecule has 0 atom stereocenters. The molecular weight excluding hydrogens is 357 g/mol. The fourth-order valence-electron chi connectivity index (χ4n) is 1.91. The largest absolute Gasteiger partial charge is 0.497 e.